The summed E-state index contributed by atoms with van der Waals surface area (Å²) in [5, 5.41) is 42.8. The summed E-state index contributed by atoms with van der Waals surface area (Å²) >= 11 is 3.45. The first kappa shape index (κ1) is 81.2. The number of ether oxygens (including phenoxy) is 1. The standard InChI is InChI=1S/C21H24N2O2.C16H22N2O3.C15H19BrN2O2.C15H20N2O2.C13H17N3O2/c24-15-18(25)10-6-1-2-7-11-21-22-19-13-12-17(14-20(19)23-21)16-8-4-3-5-9-16;1-21-13-8-9-14-15(10-13)18-16(17-14)7-5-3-2-4-6-12(20)11-19;16-11-7-8-13-14(9-11)18-15(17-13)6-4-2-1-3-5-12(20)10-19;18-11-12(19)7-3-1-2-4-10-15-16-13-8-5-6-9-14(13)17-15;17-13(16-18)9-3-1-2-8-12-14-10-6-4-5-7-11(10)15-12/h3-5,8-9,12-14,24H,1-2,6-7,10-11,15H2,(H,22,23);8-10,19H,2-7,11H2,1H3,(H,17,18);7-9,19H,1-6,10H2,(H,17,18);5-6,8-9,18H,1-4,7,10-11H2,(H,16,17);4-7,18H,1-3,8-9H2,(H,14,15)(H,16,17). The number of aliphatic hydroxyl groups is 4. The van der Waals surface area contributed by atoms with Crippen molar-refractivity contribution in [2.45, 2.75) is 186 Å². The molecule has 0 aliphatic heterocycles. The number of nitrogens with one attached hydrogen (secondary N) is 6. The first-order chi connectivity index (χ1) is 50.3. The number of carbonyl (C=O) groups is 5. The molecule has 0 unspecified atom stereocenters. The van der Waals surface area contributed by atoms with Crippen LogP contribution < -0.4 is 10.2 Å². The van der Waals surface area contributed by atoms with Gasteiger partial charge in [0.25, 0.3) is 0 Å². The normalized spacial score (nSPS) is 11.0. The minimum absolute atomic E-state index is 0.0581. The van der Waals surface area contributed by atoms with Gasteiger partial charge >= 0.3 is 0 Å². The summed E-state index contributed by atoms with van der Waals surface area (Å²) in [4.78, 5) is 94.0. The van der Waals surface area contributed by atoms with Crippen molar-refractivity contribution in [1.82, 2.24) is 55.3 Å². The third kappa shape index (κ3) is 30.0. The van der Waals surface area contributed by atoms with E-state index in [1.807, 2.05) is 103 Å². The number of amides is 1. The summed E-state index contributed by atoms with van der Waals surface area (Å²) in [6.45, 7) is -1.31. The second kappa shape index (κ2) is 46.5. The highest BCUT2D eigenvalue weighted by Crippen LogP contribution is 2.25. The summed E-state index contributed by atoms with van der Waals surface area (Å²) in [6.07, 6.45) is 25.8. The number of halogens is 1. The molecule has 22 nitrogen and oxygen atoms in total. The van der Waals surface area contributed by atoms with Crippen molar-refractivity contribution < 1.29 is 54.3 Å². The number of hydroxylamine groups is 1. The van der Waals surface area contributed by atoms with Crippen LogP contribution in [-0.2, 0) is 56.1 Å². The van der Waals surface area contributed by atoms with Gasteiger partial charge < -0.3 is 50.1 Å². The fourth-order valence-electron chi connectivity index (χ4n) is 11.7. The third-order valence-corrected chi connectivity index (χ3v) is 17.9. The average Bonchev–Trinajstić information content (AvgIpc) is 1.23. The number of hydrogen-bond acceptors (Lipinski definition) is 16. The predicted octanol–water partition coefficient (Wildman–Crippen LogP) is 15.1. The number of carbonyl (C=O) groups excluding carboxylic acids is 5. The van der Waals surface area contributed by atoms with E-state index in [-0.39, 0.29) is 55.5 Å². The van der Waals surface area contributed by atoms with E-state index >= 15 is 0 Å². The van der Waals surface area contributed by atoms with Crippen molar-refractivity contribution in [2.75, 3.05) is 33.5 Å². The molecule has 11 N–H and O–H groups in total. The van der Waals surface area contributed by atoms with E-state index in [2.05, 4.69) is 96.1 Å². The Morgan fingerprint density at radius 3 is 1.06 bits per heavy atom. The molecule has 0 aliphatic carbocycles. The van der Waals surface area contributed by atoms with Crippen LogP contribution in [0.4, 0.5) is 0 Å². The molecule has 0 atom stereocenters. The molecule has 0 fully saturated rings. The molecule has 5 heterocycles. The maximum absolute atomic E-state index is 11.0. The minimum atomic E-state index is -0.331. The number of aromatic amines is 5. The van der Waals surface area contributed by atoms with Gasteiger partial charge in [0.15, 0.2) is 23.1 Å². The number of Topliss-reactive ketones (excluding diaryl/α,β-unsaturated/α-hetero) is 4. The highest BCUT2D eigenvalue weighted by Gasteiger charge is 2.11. The van der Waals surface area contributed by atoms with Gasteiger partial charge in [0.2, 0.25) is 5.91 Å². The number of aryl methyl sites for hydroxylation is 5. The number of unbranched alkanes of at least 4 members (excludes halogenated alkanes) is 14. The van der Waals surface area contributed by atoms with Crippen LogP contribution >= 0.6 is 15.9 Å². The molecule has 0 spiro atoms. The Labute approximate surface area is 610 Å². The molecule has 5 aromatic heterocycles. The Morgan fingerprint density at radius 1 is 0.350 bits per heavy atom. The second-order valence-electron chi connectivity index (χ2n) is 25.6. The van der Waals surface area contributed by atoms with Crippen LogP contribution in [0, 0.1) is 0 Å². The van der Waals surface area contributed by atoms with Gasteiger partial charge in [0.1, 0.15) is 61.3 Å². The molecule has 6 aromatic carbocycles. The van der Waals surface area contributed by atoms with Crippen molar-refractivity contribution in [2.24, 2.45) is 0 Å². The van der Waals surface area contributed by atoms with E-state index in [1.165, 1.54) is 11.1 Å². The zero-order chi connectivity index (χ0) is 73.2. The van der Waals surface area contributed by atoms with E-state index in [1.54, 1.807) is 12.6 Å². The number of hydrogen-bond donors (Lipinski definition) is 11. The molecule has 103 heavy (non-hydrogen) atoms. The quantitative estimate of drug-likeness (QED) is 0.00965. The fraction of sp³-hybridized carbons (Fsp3) is 0.425. The Balaban J connectivity index is 0.000000181. The number of H-pyrrole nitrogens is 5. The lowest BCUT2D eigenvalue weighted by atomic mass is 10.1. The number of ketones is 4. The summed E-state index contributed by atoms with van der Waals surface area (Å²) in [6, 6.07) is 44.5. The van der Waals surface area contributed by atoms with Crippen LogP contribution in [0.2, 0.25) is 0 Å². The van der Waals surface area contributed by atoms with Crippen LogP contribution in [-0.4, -0.2) is 138 Å². The van der Waals surface area contributed by atoms with Gasteiger partial charge in [-0.25, -0.2) is 30.4 Å². The van der Waals surface area contributed by atoms with E-state index < -0.39 is 0 Å². The Morgan fingerprint density at radius 2 is 0.670 bits per heavy atom. The monoisotopic (exact) mass is 1470 g/mol. The largest absolute Gasteiger partial charge is 0.497 e. The lowest BCUT2D eigenvalue weighted by molar-refractivity contribution is -0.129. The number of para-hydroxylation sites is 4. The van der Waals surface area contributed by atoms with Crippen LogP contribution in [0.5, 0.6) is 5.75 Å². The molecule has 11 aromatic rings. The van der Waals surface area contributed by atoms with Gasteiger partial charge in [-0.1, -0.05) is 134 Å². The number of nitrogens with zero attached hydrogens (tertiary/aromatic N) is 5. The summed E-state index contributed by atoms with van der Waals surface area (Å²) in [7, 11) is 1.65. The van der Waals surface area contributed by atoms with Crippen molar-refractivity contribution in [3.05, 3.63) is 167 Å². The van der Waals surface area contributed by atoms with Gasteiger partial charge in [0, 0.05) is 74.7 Å². The summed E-state index contributed by atoms with van der Waals surface area (Å²) < 4.78 is 6.24. The van der Waals surface area contributed by atoms with Gasteiger partial charge in [-0.05, 0) is 142 Å². The highest BCUT2D eigenvalue weighted by atomic mass is 79.9. The number of methoxy groups -OCH3 is 1. The number of aliphatic hydroxyl groups excluding tert-OH is 4. The Kier molecular flexibility index (Phi) is 36.7. The van der Waals surface area contributed by atoms with Crippen molar-refractivity contribution in [3.63, 3.8) is 0 Å². The SMILES string of the molecule is COc1ccc2nc(CCCCCCC(=O)CO)[nH]c2c1.O=C(CCCCCc1nc2ccccc2[nH]1)NO.O=C(CO)CCCCCCc1nc2ccc(-c3ccccc3)cc2[nH]1.O=C(CO)CCCCCCc1nc2ccc(Br)cc2[nH]1.O=C(CO)CCCCCCc1nc2ccccc2[nH]1. The predicted molar refractivity (Wildman–Crippen MR) is 408 cm³/mol. The Bertz CT molecular complexity index is 4250. The molecular formula is C80H102BrN11O11. The summed E-state index contributed by atoms with van der Waals surface area (Å²) in [5.41, 5.74) is 14.3. The zero-order valence-electron chi connectivity index (χ0n) is 59.3. The van der Waals surface area contributed by atoms with Crippen molar-refractivity contribution in [3.8, 4) is 16.9 Å². The zero-order valence-corrected chi connectivity index (χ0v) is 60.9. The van der Waals surface area contributed by atoms with E-state index in [0.717, 1.165) is 249 Å². The third-order valence-electron chi connectivity index (χ3n) is 17.4. The summed E-state index contributed by atoms with van der Waals surface area (Å²) in [5.74, 6) is 5.30. The average molecular weight is 1470 g/mol. The van der Waals surface area contributed by atoms with Crippen LogP contribution in [0.3, 0.4) is 0 Å². The fourth-order valence-corrected chi connectivity index (χ4v) is 12.0. The maximum Gasteiger partial charge on any atom is 0.243 e. The second-order valence-corrected chi connectivity index (χ2v) is 26.5. The van der Waals surface area contributed by atoms with Gasteiger partial charge in [-0.15, -0.1) is 0 Å². The van der Waals surface area contributed by atoms with Crippen molar-refractivity contribution in [1.29, 1.82) is 0 Å². The van der Waals surface area contributed by atoms with Crippen LogP contribution in [0.25, 0.3) is 66.3 Å². The lowest BCUT2D eigenvalue weighted by Crippen LogP contribution is -2.17. The Hall–Kier alpha value is -9.10. The molecule has 0 bridgehead atoms. The number of rotatable bonds is 40. The first-order valence-corrected chi connectivity index (χ1v) is 37.1. The van der Waals surface area contributed by atoms with Gasteiger partial charge in [0.05, 0.1) is 62.3 Å². The molecule has 0 saturated heterocycles. The minimum Gasteiger partial charge on any atom is -0.497 e. The molecule has 0 saturated carbocycles. The number of fused-ring (bicyclic) bond motifs is 5. The number of imidazole rings is 5. The van der Waals surface area contributed by atoms with E-state index in [9.17, 15) is 24.0 Å². The molecule has 0 aliphatic rings. The van der Waals surface area contributed by atoms with Crippen molar-refractivity contribution >= 4 is 100 Å². The number of benzene rings is 6. The lowest BCUT2D eigenvalue weighted by Gasteiger charge is -2.00. The molecule has 550 valence electrons. The smallest absolute Gasteiger partial charge is 0.243 e. The van der Waals surface area contributed by atoms with E-state index in [4.69, 9.17) is 30.4 Å². The first-order valence-electron chi connectivity index (χ1n) is 36.3. The van der Waals surface area contributed by atoms with E-state index in [0.29, 0.717) is 32.1 Å². The molecule has 23 heteroatoms. The van der Waals surface area contributed by atoms with Gasteiger partial charge in [-0.2, -0.15) is 0 Å². The van der Waals surface area contributed by atoms with Crippen LogP contribution in [0.15, 0.2) is 138 Å². The van der Waals surface area contributed by atoms with Crippen LogP contribution in [0.1, 0.15) is 183 Å². The highest BCUT2D eigenvalue weighted by molar-refractivity contribution is 9.10. The molecule has 11 rings (SSSR count). The topological polar surface area (TPSA) is 351 Å². The molecular weight excluding hydrogens is 1370 g/mol. The number of aromatic nitrogens is 10. The maximum atomic E-state index is 11.0. The molecule has 0 radical (unpaired) electrons. The van der Waals surface area contributed by atoms with Gasteiger partial charge in [-0.3, -0.25) is 29.2 Å². The molecule has 1 amide bonds.